The molecule has 1 fully saturated rings. The van der Waals surface area contributed by atoms with Gasteiger partial charge in [0.1, 0.15) is 17.5 Å². The van der Waals surface area contributed by atoms with Gasteiger partial charge in [0.25, 0.3) is 0 Å². The van der Waals surface area contributed by atoms with E-state index in [1.54, 1.807) is 0 Å². The van der Waals surface area contributed by atoms with E-state index in [0.717, 1.165) is 6.54 Å². The van der Waals surface area contributed by atoms with Gasteiger partial charge in [-0.15, -0.1) is 0 Å². The summed E-state index contributed by atoms with van der Waals surface area (Å²) in [6.45, 7) is 6.51. The van der Waals surface area contributed by atoms with E-state index < -0.39 is 5.97 Å². The van der Waals surface area contributed by atoms with Gasteiger partial charge in [0, 0.05) is 25.3 Å². The normalized spacial score (nSPS) is 20.1. The van der Waals surface area contributed by atoms with Crippen LogP contribution in [0.5, 0.6) is 0 Å². The van der Waals surface area contributed by atoms with Crippen molar-refractivity contribution in [1.82, 2.24) is 14.9 Å². The molecule has 110 valence electrons. The van der Waals surface area contributed by atoms with E-state index in [-0.39, 0.29) is 17.5 Å². The molecular weight excluding hydrogens is 260 g/mol. The Morgan fingerprint density at radius 1 is 1.60 bits per heavy atom. The zero-order valence-electron chi connectivity index (χ0n) is 12.0. The lowest BCUT2D eigenvalue weighted by Crippen LogP contribution is -2.42. The van der Waals surface area contributed by atoms with Crippen LogP contribution in [-0.4, -0.2) is 53.7 Å². The Labute approximate surface area is 118 Å². The summed E-state index contributed by atoms with van der Waals surface area (Å²) >= 11 is 0. The zero-order valence-corrected chi connectivity index (χ0v) is 12.0. The molecule has 0 radical (unpaired) electrons. The lowest BCUT2D eigenvalue weighted by Gasteiger charge is -2.34. The maximum absolute atomic E-state index is 11.4. The summed E-state index contributed by atoms with van der Waals surface area (Å²) in [4.78, 5) is 22.1. The fourth-order valence-electron chi connectivity index (χ4n) is 2.13. The number of nitrogens with zero attached hydrogens (tertiary/aromatic N) is 3. The predicted octanol–water partition coefficient (Wildman–Crippen LogP) is 0.627. The molecule has 1 aromatic heterocycles. The number of esters is 1. The zero-order chi connectivity index (χ0) is 14.7. The minimum Gasteiger partial charge on any atom is -0.465 e. The van der Waals surface area contributed by atoms with Crippen LogP contribution in [0.25, 0.3) is 0 Å². The molecule has 1 atom stereocenters. The van der Waals surface area contributed by atoms with Gasteiger partial charge in [-0.2, -0.15) is 0 Å². The average molecular weight is 280 g/mol. The van der Waals surface area contributed by atoms with Crippen LogP contribution in [0.15, 0.2) is 6.20 Å². The van der Waals surface area contributed by atoms with Gasteiger partial charge in [-0.25, -0.2) is 14.8 Å². The van der Waals surface area contributed by atoms with Gasteiger partial charge in [-0.05, 0) is 13.8 Å². The second-order valence-corrected chi connectivity index (χ2v) is 4.97. The number of rotatable bonds is 3. The topological polar surface area (TPSA) is 90.6 Å². The number of morpholine rings is 1. The third-order valence-electron chi connectivity index (χ3n) is 3.36. The molecule has 0 bridgehead atoms. The maximum Gasteiger partial charge on any atom is 0.343 e. The van der Waals surface area contributed by atoms with Crippen LogP contribution in [0.3, 0.4) is 0 Å². The Hall–Kier alpha value is -1.73. The molecule has 0 spiro atoms. The Bertz CT molecular complexity index is 493. The van der Waals surface area contributed by atoms with Gasteiger partial charge >= 0.3 is 5.97 Å². The third-order valence-corrected chi connectivity index (χ3v) is 3.36. The molecule has 7 nitrogen and oxygen atoms in total. The molecule has 2 N–H and O–H groups in total. The standard InChI is InChI=1S/C13H20N4O3/c1-8(2)17-4-5-20-10(7-17)12-15-6-9(11(14)16-12)13(18)19-3/h6,8,10H,4-5,7H2,1-3H3,(H2,14,15,16). The van der Waals surface area contributed by atoms with E-state index in [0.29, 0.717) is 25.0 Å². The quantitative estimate of drug-likeness (QED) is 0.812. The third kappa shape index (κ3) is 3.05. The molecular formula is C13H20N4O3. The summed E-state index contributed by atoms with van der Waals surface area (Å²) in [5, 5.41) is 0. The summed E-state index contributed by atoms with van der Waals surface area (Å²) in [6.07, 6.45) is 1.17. The minimum atomic E-state index is -0.539. The Morgan fingerprint density at radius 3 is 2.95 bits per heavy atom. The van der Waals surface area contributed by atoms with Crippen LogP contribution in [0.4, 0.5) is 5.82 Å². The summed E-state index contributed by atoms with van der Waals surface area (Å²) in [5.74, 6) is 0.0787. The first-order valence-corrected chi connectivity index (χ1v) is 6.59. The average Bonchev–Trinajstić information content (AvgIpc) is 2.46. The number of carbonyl (C=O) groups excluding carboxylic acids is 1. The van der Waals surface area contributed by atoms with E-state index in [2.05, 4.69) is 33.5 Å². The lowest BCUT2D eigenvalue weighted by atomic mass is 10.2. The number of hydrogen-bond acceptors (Lipinski definition) is 7. The van der Waals surface area contributed by atoms with Crippen molar-refractivity contribution in [1.29, 1.82) is 0 Å². The number of nitrogen functional groups attached to an aromatic ring is 1. The highest BCUT2D eigenvalue weighted by atomic mass is 16.5. The molecule has 1 saturated heterocycles. The number of carbonyl (C=O) groups is 1. The van der Waals surface area contributed by atoms with E-state index >= 15 is 0 Å². The summed E-state index contributed by atoms with van der Waals surface area (Å²) in [5.41, 5.74) is 5.95. The van der Waals surface area contributed by atoms with Gasteiger partial charge < -0.3 is 15.2 Å². The molecule has 1 aromatic rings. The van der Waals surface area contributed by atoms with Crippen molar-refractivity contribution in [2.75, 3.05) is 32.5 Å². The van der Waals surface area contributed by atoms with E-state index in [1.165, 1.54) is 13.3 Å². The highest BCUT2D eigenvalue weighted by molar-refractivity contribution is 5.93. The molecule has 0 aromatic carbocycles. The van der Waals surface area contributed by atoms with Crippen molar-refractivity contribution in [3.8, 4) is 0 Å². The van der Waals surface area contributed by atoms with Crippen molar-refractivity contribution in [2.45, 2.75) is 26.0 Å². The molecule has 0 saturated carbocycles. The van der Waals surface area contributed by atoms with E-state index in [4.69, 9.17) is 10.5 Å². The van der Waals surface area contributed by atoms with E-state index in [9.17, 15) is 4.79 Å². The summed E-state index contributed by atoms with van der Waals surface area (Å²) < 4.78 is 10.3. The fourth-order valence-corrected chi connectivity index (χ4v) is 2.13. The van der Waals surface area contributed by atoms with Gasteiger partial charge in [-0.1, -0.05) is 0 Å². The predicted molar refractivity (Wildman–Crippen MR) is 73.2 cm³/mol. The molecule has 0 amide bonds. The van der Waals surface area contributed by atoms with Crippen molar-refractivity contribution in [3.05, 3.63) is 17.6 Å². The number of anilines is 1. The van der Waals surface area contributed by atoms with Crippen LogP contribution in [-0.2, 0) is 9.47 Å². The van der Waals surface area contributed by atoms with Crippen LogP contribution >= 0.6 is 0 Å². The van der Waals surface area contributed by atoms with Crippen LogP contribution in [0.1, 0.15) is 36.1 Å². The van der Waals surface area contributed by atoms with Gasteiger partial charge in [0.05, 0.1) is 13.7 Å². The molecule has 0 aliphatic carbocycles. The summed E-state index contributed by atoms with van der Waals surface area (Å²) in [7, 11) is 1.29. The van der Waals surface area contributed by atoms with Crippen molar-refractivity contribution in [2.24, 2.45) is 0 Å². The Kier molecular flexibility index (Phi) is 4.51. The van der Waals surface area contributed by atoms with Gasteiger partial charge in [0.15, 0.2) is 5.82 Å². The molecule has 2 rings (SSSR count). The number of nitrogens with two attached hydrogens (primary N) is 1. The number of methoxy groups -OCH3 is 1. The van der Waals surface area contributed by atoms with Crippen LogP contribution in [0, 0.1) is 0 Å². The molecule has 1 aliphatic heterocycles. The first kappa shape index (κ1) is 14.7. The lowest BCUT2D eigenvalue weighted by molar-refractivity contribution is -0.0442. The number of hydrogen-bond donors (Lipinski definition) is 1. The maximum atomic E-state index is 11.4. The van der Waals surface area contributed by atoms with Gasteiger partial charge in [-0.3, -0.25) is 4.90 Å². The molecule has 7 heteroatoms. The Morgan fingerprint density at radius 2 is 2.35 bits per heavy atom. The van der Waals surface area contributed by atoms with Crippen molar-refractivity contribution >= 4 is 11.8 Å². The molecule has 2 heterocycles. The SMILES string of the molecule is COC(=O)c1cnc(C2CN(C(C)C)CCO2)nc1N. The second kappa shape index (κ2) is 6.15. The summed E-state index contributed by atoms with van der Waals surface area (Å²) in [6, 6.07) is 0.438. The highest BCUT2D eigenvalue weighted by Gasteiger charge is 2.26. The fraction of sp³-hybridized carbons (Fsp3) is 0.615. The minimum absolute atomic E-state index is 0.118. The van der Waals surface area contributed by atoms with Crippen LogP contribution in [0.2, 0.25) is 0 Å². The molecule has 20 heavy (non-hydrogen) atoms. The molecule has 1 unspecified atom stereocenters. The monoisotopic (exact) mass is 280 g/mol. The van der Waals surface area contributed by atoms with Crippen LogP contribution < -0.4 is 5.73 Å². The number of ether oxygens (including phenoxy) is 2. The van der Waals surface area contributed by atoms with Crippen molar-refractivity contribution in [3.63, 3.8) is 0 Å². The molecule has 1 aliphatic rings. The van der Waals surface area contributed by atoms with Crippen molar-refractivity contribution < 1.29 is 14.3 Å². The second-order valence-electron chi connectivity index (χ2n) is 4.97. The smallest absolute Gasteiger partial charge is 0.343 e. The van der Waals surface area contributed by atoms with E-state index in [1.807, 2.05) is 0 Å². The highest BCUT2D eigenvalue weighted by Crippen LogP contribution is 2.22. The first-order chi connectivity index (χ1) is 9.52. The first-order valence-electron chi connectivity index (χ1n) is 6.59. The largest absolute Gasteiger partial charge is 0.465 e. The Balaban J connectivity index is 2.17. The number of aromatic nitrogens is 2. The van der Waals surface area contributed by atoms with Gasteiger partial charge in [0.2, 0.25) is 0 Å².